The van der Waals surface area contributed by atoms with Crippen molar-refractivity contribution in [3.05, 3.63) is 65.6 Å². The molecule has 0 amide bonds. The zero-order valence-corrected chi connectivity index (χ0v) is 18.2. The van der Waals surface area contributed by atoms with Gasteiger partial charge in [0.2, 0.25) is 0 Å². The van der Waals surface area contributed by atoms with Gasteiger partial charge in [-0.25, -0.2) is 0 Å². The van der Waals surface area contributed by atoms with E-state index in [2.05, 4.69) is 57.0 Å². The van der Waals surface area contributed by atoms with Gasteiger partial charge in [0.1, 0.15) is 5.82 Å². The SMILES string of the molecule is CCc1ccccc1CNC(=NC)NCCCc1nnc2ccccn12.I. The molecule has 6 nitrogen and oxygen atoms in total. The number of aromatic nitrogens is 3. The second kappa shape index (κ2) is 10.9. The molecular weight excluding hydrogens is 451 g/mol. The second-order valence-electron chi connectivity index (χ2n) is 6.12. The van der Waals surface area contributed by atoms with Crippen molar-refractivity contribution in [1.82, 2.24) is 25.2 Å². The van der Waals surface area contributed by atoms with Crippen LogP contribution in [-0.2, 0) is 19.4 Å². The summed E-state index contributed by atoms with van der Waals surface area (Å²) in [4.78, 5) is 4.30. The van der Waals surface area contributed by atoms with Crippen LogP contribution in [0, 0.1) is 0 Å². The Labute approximate surface area is 177 Å². The Morgan fingerprint density at radius 2 is 1.81 bits per heavy atom. The molecule has 0 aliphatic heterocycles. The molecule has 0 unspecified atom stereocenters. The van der Waals surface area contributed by atoms with Crippen LogP contribution < -0.4 is 10.6 Å². The Morgan fingerprint density at radius 3 is 2.59 bits per heavy atom. The first kappa shape index (κ1) is 21.1. The van der Waals surface area contributed by atoms with E-state index < -0.39 is 0 Å². The molecule has 0 atom stereocenters. The number of aliphatic imine (C=N–C) groups is 1. The first-order valence-electron chi connectivity index (χ1n) is 9.11. The third-order valence-corrected chi connectivity index (χ3v) is 4.42. The molecule has 0 radical (unpaired) electrons. The van der Waals surface area contributed by atoms with Crippen LogP contribution in [0.15, 0.2) is 53.7 Å². The molecule has 3 rings (SSSR count). The third-order valence-electron chi connectivity index (χ3n) is 4.42. The quantitative estimate of drug-likeness (QED) is 0.237. The van der Waals surface area contributed by atoms with E-state index in [0.717, 1.165) is 49.8 Å². The van der Waals surface area contributed by atoms with Crippen molar-refractivity contribution < 1.29 is 0 Å². The summed E-state index contributed by atoms with van der Waals surface area (Å²) < 4.78 is 2.04. The lowest BCUT2D eigenvalue weighted by Crippen LogP contribution is -2.37. The fraction of sp³-hybridized carbons (Fsp3) is 0.350. The van der Waals surface area contributed by atoms with E-state index >= 15 is 0 Å². The first-order chi connectivity index (χ1) is 12.8. The number of hydrogen-bond donors (Lipinski definition) is 2. The fourth-order valence-corrected chi connectivity index (χ4v) is 2.99. The normalized spacial score (nSPS) is 11.3. The number of benzene rings is 1. The molecule has 1 aromatic carbocycles. The number of rotatable bonds is 7. The van der Waals surface area contributed by atoms with Crippen LogP contribution in [-0.4, -0.2) is 34.2 Å². The summed E-state index contributed by atoms with van der Waals surface area (Å²) >= 11 is 0. The van der Waals surface area contributed by atoms with Gasteiger partial charge in [-0.3, -0.25) is 9.39 Å². The average Bonchev–Trinajstić information content (AvgIpc) is 3.11. The predicted molar refractivity (Wildman–Crippen MR) is 121 cm³/mol. The van der Waals surface area contributed by atoms with Crippen molar-refractivity contribution >= 4 is 35.6 Å². The maximum absolute atomic E-state index is 4.30. The van der Waals surface area contributed by atoms with Crippen molar-refractivity contribution in [3.8, 4) is 0 Å². The number of nitrogens with zero attached hydrogens (tertiary/aromatic N) is 4. The maximum Gasteiger partial charge on any atom is 0.191 e. The highest BCUT2D eigenvalue weighted by Gasteiger charge is 2.05. The van der Waals surface area contributed by atoms with Gasteiger partial charge in [-0.1, -0.05) is 37.3 Å². The standard InChI is InChI=1S/C20H26N6.HI/c1-3-16-9-4-5-10-17(16)15-23-20(21-2)22-13-8-12-19-25-24-18-11-6-7-14-26(18)19;/h4-7,9-11,14H,3,8,12-13,15H2,1-2H3,(H2,21,22,23);1H. The molecule has 0 aliphatic rings. The lowest BCUT2D eigenvalue weighted by atomic mass is 10.1. The number of guanidine groups is 1. The molecule has 0 bridgehead atoms. The van der Waals surface area contributed by atoms with Gasteiger partial charge < -0.3 is 10.6 Å². The van der Waals surface area contributed by atoms with Crippen molar-refractivity contribution in [1.29, 1.82) is 0 Å². The van der Waals surface area contributed by atoms with Gasteiger partial charge in [-0.15, -0.1) is 34.2 Å². The summed E-state index contributed by atoms with van der Waals surface area (Å²) in [5.41, 5.74) is 3.57. The number of fused-ring (bicyclic) bond motifs is 1. The third kappa shape index (κ3) is 5.66. The van der Waals surface area contributed by atoms with E-state index in [1.54, 1.807) is 7.05 Å². The predicted octanol–water partition coefficient (Wildman–Crippen LogP) is 3.21. The number of nitrogens with one attached hydrogen (secondary N) is 2. The van der Waals surface area contributed by atoms with Gasteiger partial charge in [-0.05, 0) is 36.1 Å². The molecule has 2 aromatic heterocycles. The number of hydrogen-bond acceptors (Lipinski definition) is 3. The highest BCUT2D eigenvalue weighted by Crippen LogP contribution is 2.09. The molecule has 0 saturated carbocycles. The lowest BCUT2D eigenvalue weighted by molar-refractivity contribution is 0.713. The van der Waals surface area contributed by atoms with E-state index in [1.165, 1.54) is 11.1 Å². The van der Waals surface area contributed by atoms with Gasteiger partial charge in [-0.2, -0.15) is 0 Å². The van der Waals surface area contributed by atoms with Crippen LogP contribution in [0.1, 0.15) is 30.3 Å². The van der Waals surface area contributed by atoms with Crippen LogP contribution in [0.2, 0.25) is 0 Å². The monoisotopic (exact) mass is 478 g/mol. The Bertz CT molecular complexity index is 874. The van der Waals surface area contributed by atoms with E-state index in [1.807, 2.05) is 28.8 Å². The zero-order valence-electron chi connectivity index (χ0n) is 15.9. The van der Waals surface area contributed by atoms with Crippen molar-refractivity contribution in [2.24, 2.45) is 4.99 Å². The van der Waals surface area contributed by atoms with Gasteiger partial charge in [0.15, 0.2) is 11.6 Å². The van der Waals surface area contributed by atoms with Gasteiger partial charge in [0.25, 0.3) is 0 Å². The lowest BCUT2D eigenvalue weighted by Gasteiger charge is -2.13. The molecule has 2 heterocycles. The van der Waals surface area contributed by atoms with Crippen LogP contribution in [0.3, 0.4) is 0 Å². The van der Waals surface area contributed by atoms with E-state index in [9.17, 15) is 0 Å². The molecule has 0 fully saturated rings. The summed E-state index contributed by atoms with van der Waals surface area (Å²) in [5, 5.41) is 15.2. The summed E-state index contributed by atoms with van der Waals surface area (Å²) in [6, 6.07) is 14.4. The minimum absolute atomic E-state index is 0. The summed E-state index contributed by atoms with van der Waals surface area (Å²) in [6.07, 6.45) is 4.87. The van der Waals surface area contributed by atoms with Crippen molar-refractivity contribution in [2.45, 2.75) is 32.7 Å². The van der Waals surface area contributed by atoms with Crippen LogP contribution in [0.4, 0.5) is 0 Å². The summed E-state index contributed by atoms with van der Waals surface area (Å²) in [5.74, 6) is 1.81. The fourth-order valence-electron chi connectivity index (χ4n) is 2.99. The van der Waals surface area contributed by atoms with Crippen LogP contribution in [0.25, 0.3) is 5.65 Å². The Morgan fingerprint density at radius 1 is 1.04 bits per heavy atom. The Balaban J connectivity index is 0.00000261. The van der Waals surface area contributed by atoms with Crippen LogP contribution >= 0.6 is 24.0 Å². The molecule has 7 heteroatoms. The first-order valence-corrected chi connectivity index (χ1v) is 9.11. The Kier molecular flexibility index (Phi) is 8.50. The minimum Gasteiger partial charge on any atom is -0.356 e. The van der Waals surface area contributed by atoms with E-state index in [0.29, 0.717) is 0 Å². The second-order valence-corrected chi connectivity index (χ2v) is 6.12. The average molecular weight is 478 g/mol. The van der Waals surface area contributed by atoms with Gasteiger partial charge in [0, 0.05) is 32.8 Å². The molecule has 0 aliphatic carbocycles. The smallest absolute Gasteiger partial charge is 0.191 e. The molecule has 0 saturated heterocycles. The largest absolute Gasteiger partial charge is 0.356 e. The molecular formula is C20H27IN6. The molecule has 2 N–H and O–H groups in total. The molecule has 144 valence electrons. The van der Waals surface area contributed by atoms with Crippen LogP contribution in [0.5, 0.6) is 0 Å². The van der Waals surface area contributed by atoms with Crippen molar-refractivity contribution in [3.63, 3.8) is 0 Å². The topological polar surface area (TPSA) is 66.6 Å². The maximum atomic E-state index is 4.30. The summed E-state index contributed by atoms with van der Waals surface area (Å²) in [7, 11) is 1.80. The number of halogens is 1. The van der Waals surface area contributed by atoms with Crippen molar-refractivity contribution in [2.75, 3.05) is 13.6 Å². The Hall–Kier alpha value is -2.16. The minimum atomic E-state index is 0. The molecule has 0 spiro atoms. The van der Waals surface area contributed by atoms with E-state index in [-0.39, 0.29) is 24.0 Å². The summed E-state index contributed by atoms with van der Waals surface area (Å²) in [6.45, 7) is 3.79. The molecule has 3 aromatic rings. The zero-order chi connectivity index (χ0) is 18.2. The highest BCUT2D eigenvalue weighted by molar-refractivity contribution is 14.0. The molecule has 27 heavy (non-hydrogen) atoms. The van der Waals surface area contributed by atoms with Gasteiger partial charge >= 0.3 is 0 Å². The highest BCUT2D eigenvalue weighted by atomic mass is 127. The number of pyridine rings is 1. The van der Waals surface area contributed by atoms with E-state index in [4.69, 9.17) is 0 Å². The number of aryl methyl sites for hydroxylation is 2. The van der Waals surface area contributed by atoms with Gasteiger partial charge in [0.05, 0.1) is 0 Å².